The van der Waals surface area contributed by atoms with Crippen molar-refractivity contribution in [3.8, 4) is 0 Å². The van der Waals surface area contributed by atoms with Crippen LogP contribution in [0.3, 0.4) is 0 Å². The van der Waals surface area contributed by atoms with Gasteiger partial charge in [-0.15, -0.1) is 11.3 Å². The number of nitrogens with zero attached hydrogens (tertiary/aromatic N) is 2. The van der Waals surface area contributed by atoms with Crippen molar-refractivity contribution in [2.45, 2.75) is 25.9 Å². The van der Waals surface area contributed by atoms with Crippen LogP contribution in [0, 0.1) is 6.92 Å². The molecule has 6 nitrogen and oxygen atoms in total. The number of benzene rings is 1. The van der Waals surface area contributed by atoms with Crippen molar-refractivity contribution in [2.75, 3.05) is 18.4 Å². The van der Waals surface area contributed by atoms with Gasteiger partial charge in [-0.1, -0.05) is 12.1 Å². The number of anilines is 1. The smallest absolute Gasteiger partial charge is 0.267 e. The monoisotopic (exact) mass is 345 g/mol. The maximum absolute atomic E-state index is 12.7. The predicted octanol–water partition coefficient (Wildman–Crippen LogP) is 2.30. The van der Waals surface area contributed by atoms with Gasteiger partial charge in [-0.05, 0) is 31.9 Å². The van der Waals surface area contributed by atoms with Crippen LogP contribution in [0.15, 0.2) is 30.5 Å². The number of β-amino-alcohol motifs (C(OH)–C–C–N with tert-alkyl or cyclic N) is 1. The van der Waals surface area contributed by atoms with Crippen LogP contribution in [0.25, 0.3) is 0 Å². The van der Waals surface area contributed by atoms with E-state index in [1.165, 1.54) is 17.5 Å². The summed E-state index contributed by atoms with van der Waals surface area (Å²) in [5.74, 6) is -0.454. The van der Waals surface area contributed by atoms with Gasteiger partial charge in [0, 0.05) is 13.1 Å². The van der Waals surface area contributed by atoms with Crippen molar-refractivity contribution in [2.24, 2.45) is 0 Å². The third kappa shape index (κ3) is 3.63. The van der Waals surface area contributed by atoms with Crippen molar-refractivity contribution in [1.29, 1.82) is 0 Å². The van der Waals surface area contributed by atoms with Crippen molar-refractivity contribution < 1.29 is 14.7 Å². The van der Waals surface area contributed by atoms with E-state index >= 15 is 0 Å². The molecule has 1 saturated heterocycles. The van der Waals surface area contributed by atoms with Crippen molar-refractivity contribution in [3.05, 3.63) is 45.9 Å². The Hall–Kier alpha value is -2.25. The summed E-state index contributed by atoms with van der Waals surface area (Å²) in [6.07, 6.45) is 2.54. The molecular weight excluding hydrogens is 326 g/mol. The highest BCUT2D eigenvalue weighted by Crippen LogP contribution is 2.22. The number of carbonyl (C=O) groups is 2. The van der Waals surface area contributed by atoms with Gasteiger partial charge in [-0.25, -0.2) is 4.98 Å². The van der Waals surface area contributed by atoms with Gasteiger partial charge >= 0.3 is 0 Å². The summed E-state index contributed by atoms with van der Waals surface area (Å²) in [4.78, 5) is 31.3. The Balaban J connectivity index is 1.80. The number of thiazole rings is 1. The van der Waals surface area contributed by atoms with Crippen LogP contribution in [-0.2, 0) is 0 Å². The lowest BCUT2D eigenvalue weighted by molar-refractivity contribution is 0.0474. The Morgan fingerprint density at radius 2 is 2.17 bits per heavy atom. The van der Waals surface area contributed by atoms with Crippen molar-refractivity contribution >= 4 is 28.8 Å². The number of aromatic nitrogens is 1. The molecule has 2 aromatic rings. The average Bonchev–Trinajstić information content (AvgIpc) is 3.01. The summed E-state index contributed by atoms with van der Waals surface area (Å²) in [6.45, 7) is 2.78. The minimum absolute atomic E-state index is 0.176. The van der Waals surface area contributed by atoms with Crippen LogP contribution in [0.4, 0.5) is 5.69 Å². The van der Waals surface area contributed by atoms with Gasteiger partial charge in [0.05, 0.1) is 28.6 Å². The van der Waals surface area contributed by atoms with Crippen LogP contribution in [0.2, 0.25) is 0 Å². The van der Waals surface area contributed by atoms with Gasteiger partial charge in [0.2, 0.25) is 0 Å². The van der Waals surface area contributed by atoms with Gasteiger partial charge in [0.25, 0.3) is 11.8 Å². The quantitative estimate of drug-likeness (QED) is 0.894. The Kier molecular flexibility index (Phi) is 4.92. The Morgan fingerprint density at radius 3 is 2.88 bits per heavy atom. The molecule has 126 valence electrons. The number of hydrogen-bond acceptors (Lipinski definition) is 5. The highest BCUT2D eigenvalue weighted by Gasteiger charge is 2.25. The maximum Gasteiger partial charge on any atom is 0.267 e. The lowest BCUT2D eigenvalue weighted by Crippen LogP contribution is -2.42. The first-order valence-electron chi connectivity index (χ1n) is 7.85. The molecule has 0 saturated carbocycles. The van der Waals surface area contributed by atoms with E-state index in [0.717, 1.165) is 11.4 Å². The molecule has 0 radical (unpaired) electrons. The number of hydrogen-bond donors (Lipinski definition) is 2. The molecule has 7 heteroatoms. The van der Waals surface area contributed by atoms with E-state index in [0.29, 0.717) is 35.6 Å². The second kappa shape index (κ2) is 7.11. The fourth-order valence-corrected chi connectivity index (χ4v) is 3.41. The molecule has 2 amide bonds. The highest BCUT2D eigenvalue weighted by molar-refractivity contribution is 7.13. The van der Waals surface area contributed by atoms with Crippen LogP contribution in [0.1, 0.15) is 37.9 Å². The predicted molar refractivity (Wildman–Crippen MR) is 92.4 cm³/mol. The average molecular weight is 345 g/mol. The molecule has 1 fully saturated rings. The van der Waals surface area contributed by atoms with Crippen molar-refractivity contribution in [3.63, 3.8) is 0 Å². The van der Waals surface area contributed by atoms with E-state index in [-0.39, 0.29) is 11.8 Å². The molecular formula is C17H19N3O3S. The van der Waals surface area contributed by atoms with Gasteiger partial charge in [0.1, 0.15) is 4.88 Å². The topological polar surface area (TPSA) is 82.5 Å². The SMILES string of the molecule is Cc1ncc(C(=O)Nc2ccccc2C(=O)N2CCCC(O)C2)s1. The first-order valence-corrected chi connectivity index (χ1v) is 8.66. The van der Waals surface area contributed by atoms with E-state index in [4.69, 9.17) is 0 Å². The molecule has 1 aliphatic rings. The Labute approximate surface area is 144 Å². The van der Waals surface area contributed by atoms with E-state index < -0.39 is 6.10 Å². The molecule has 1 atom stereocenters. The van der Waals surface area contributed by atoms with Crippen molar-refractivity contribution in [1.82, 2.24) is 9.88 Å². The fraction of sp³-hybridized carbons (Fsp3) is 0.353. The summed E-state index contributed by atoms with van der Waals surface area (Å²) in [7, 11) is 0. The molecule has 3 rings (SSSR count). The summed E-state index contributed by atoms with van der Waals surface area (Å²) >= 11 is 1.31. The molecule has 1 unspecified atom stereocenters. The molecule has 1 aromatic carbocycles. The van der Waals surface area contributed by atoms with Crippen LogP contribution < -0.4 is 5.32 Å². The molecule has 24 heavy (non-hydrogen) atoms. The number of nitrogens with one attached hydrogen (secondary N) is 1. The number of aliphatic hydroxyl groups excluding tert-OH is 1. The van der Waals surface area contributed by atoms with Crippen LogP contribution in [-0.4, -0.2) is 46.0 Å². The first-order chi connectivity index (χ1) is 11.5. The third-order valence-electron chi connectivity index (χ3n) is 3.93. The molecule has 1 aromatic heterocycles. The van der Waals surface area contributed by atoms with Gasteiger partial charge in [-0.3, -0.25) is 9.59 Å². The summed E-state index contributed by atoms with van der Waals surface area (Å²) in [5.41, 5.74) is 0.903. The first kappa shape index (κ1) is 16.6. The lowest BCUT2D eigenvalue weighted by atomic mass is 10.1. The normalized spacial score (nSPS) is 17.6. The van der Waals surface area contributed by atoms with Gasteiger partial charge < -0.3 is 15.3 Å². The van der Waals surface area contributed by atoms with Gasteiger partial charge in [-0.2, -0.15) is 0 Å². The second-order valence-corrected chi connectivity index (χ2v) is 7.03. The van der Waals surface area contributed by atoms with E-state index in [2.05, 4.69) is 10.3 Å². The number of amides is 2. The Bertz CT molecular complexity index is 759. The summed E-state index contributed by atoms with van der Waals surface area (Å²) < 4.78 is 0. The summed E-state index contributed by atoms with van der Waals surface area (Å²) in [6, 6.07) is 6.94. The number of carbonyl (C=O) groups excluding carboxylic acids is 2. The molecule has 1 aliphatic heterocycles. The lowest BCUT2D eigenvalue weighted by Gasteiger charge is -2.30. The molecule has 0 spiro atoms. The maximum atomic E-state index is 12.7. The Morgan fingerprint density at radius 1 is 1.38 bits per heavy atom. The molecule has 2 heterocycles. The highest BCUT2D eigenvalue weighted by atomic mass is 32.1. The number of piperidine rings is 1. The number of aliphatic hydroxyl groups is 1. The molecule has 0 aliphatic carbocycles. The minimum atomic E-state index is -0.482. The number of likely N-dealkylation sites (tertiary alicyclic amines) is 1. The zero-order valence-electron chi connectivity index (χ0n) is 13.4. The zero-order valence-corrected chi connectivity index (χ0v) is 14.2. The van der Waals surface area contributed by atoms with Gasteiger partial charge in [0.15, 0.2) is 0 Å². The number of para-hydroxylation sites is 1. The third-order valence-corrected chi connectivity index (χ3v) is 4.85. The number of rotatable bonds is 3. The summed E-state index contributed by atoms with van der Waals surface area (Å²) in [5, 5.41) is 13.4. The zero-order chi connectivity index (χ0) is 17.1. The molecule has 0 bridgehead atoms. The van der Waals surface area contributed by atoms with E-state index in [1.54, 1.807) is 29.2 Å². The standard InChI is InChI=1S/C17H19N3O3S/c1-11-18-9-15(24-11)16(22)19-14-7-3-2-6-13(14)17(23)20-8-4-5-12(21)10-20/h2-3,6-7,9,12,21H,4-5,8,10H2,1H3,(H,19,22). The van der Waals surface area contributed by atoms with Crippen LogP contribution in [0.5, 0.6) is 0 Å². The largest absolute Gasteiger partial charge is 0.391 e. The van der Waals surface area contributed by atoms with Crippen LogP contribution >= 0.6 is 11.3 Å². The molecule has 2 N–H and O–H groups in total. The second-order valence-electron chi connectivity index (χ2n) is 5.79. The number of aryl methyl sites for hydroxylation is 1. The van der Waals surface area contributed by atoms with E-state index in [9.17, 15) is 14.7 Å². The fourth-order valence-electron chi connectivity index (χ4n) is 2.74. The van der Waals surface area contributed by atoms with E-state index in [1.807, 2.05) is 6.92 Å². The minimum Gasteiger partial charge on any atom is -0.391 e.